The summed E-state index contributed by atoms with van der Waals surface area (Å²) in [6.45, 7) is 18.2. The summed E-state index contributed by atoms with van der Waals surface area (Å²) in [6, 6.07) is -1.59. The summed E-state index contributed by atoms with van der Waals surface area (Å²) in [7, 11) is 0. The molecule has 0 saturated carbocycles. The fourth-order valence-corrected chi connectivity index (χ4v) is 7.13. The van der Waals surface area contributed by atoms with Crippen LogP contribution in [0.5, 0.6) is 0 Å². The van der Waals surface area contributed by atoms with Crippen LogP contribution in [0.3, 0.4) is 0 Å². The lowest BCUT2D eigenvalue weighted by molar-refractivity contribution is -0.157. The van der Waals surface area contributed by atoms with Crippen LogP contribution in [0, 0.1) is 23.2 Å². The number of ether oxygens (including phenoxy) is 1. The zero-order chi connectivity index (χ0) is 26.5. The lowest BCUT2D eigenvalue weighted by Crippen LogP contribution is -2.63. The molecule has 0 radical (unpaired) electrons. The minimum absolute atomic E-state index is 0.0592. The summed E-state index contributed by atoms with van der Waals surface area (Å²) in [4.78, 5) is 44.0. The highest BCUT2D eigenvalue weighted by atomic mass is 16.5. The number of nitrogens with zero attached hydrogens (tertiary/aromatic N) is 2. The Kier molecular flexibility index (Phi) is 7.51. The van der Waals surface area contributed by atoms with E-state index in [0.717, 1.165) is 0 Å². The Morgan fingerprint density at radius 3 is 2.43 bits per heavy atom. The van der Waals surface area contributed by atoms with E-state index in [0.29, 0.717) is 32.2 Å². The number of aliphatic hydroxyl groups is 1. The van der Waals surface area contributed by atoms with Crippen molar-refractivity contribution in [2.24, 2.45) is 23.2 Å². The van der Waals surface area contributed by atoms with Gasteiger partial charge in [0.05, 0.1) is 30.6 Å². The molecule has 8 nitrogen and oxygen atoms in total. The molecular weight excluding hydrogens is 448 g/mol. The Morgan fingerprint density at radius 1 is 1.31 bits per heavy atom. The molecule has 3 rings (SSSR count). The van der Waals surface area contributed by atoms with E-state index in [1.165, 1.54) is 4.90 Å². The van der Waals surface area contributed by atoms with Crippen molar-refractivity contribution in [3.63, 3.8) is 0 Å². The molecule has 0 aliphatic carbocycles. The number of carboxylic acid groups (broad SMARTS) is 1. The van der Waals surface area contributed by atoms with Crippen LogP contribution in [0.1, 0.15) is 74.1 Å². The van der Waals surface area contributed by atoms with Crippen LogP contribution in [0.25, 0.3) is 0 Å². The van der Waals surface area contributed by atoms with E-state index < -0.39 is 47.1 Å². The molecule has 0 aromatic heterocycles. The largest absolute Gasteiger partial charge is 0.481 e. The smallest absolute Gasteiger partial charge is 0.310 e. The van der Waals surface area contributed by atoms with E-state index in [2.05, 4.69) is 27.4 Å². The first-order valence-electron chi connectivity index (χ1n) is 12.9. The summed E-state index contributed by atoms with van der Waals surface area (Å²) < 4.78 is 6.34. The molecule has 1 spiro atoms. The van der Waals surface area contributed by atoms with Crippen molar-refractivity contribution in [3.8, 4) is 0 Å². The molecule has 0 aromatic rings. The summed E-state index contributed by atoms with van der Waals surface area (Å²) in [5.41, 5.74) is -1.81. The van der Waals surface area contributed by atoms with Gasteiger partial charge in [0.15, 0.2) is 0 Å². The number of rotatable bonds is 10. The van der Waals surface area contributed by atoms with Crippen LogP contribution in [0.4, 0.5) is 0 Å². The molecule has 3 saturated heterocycles. The van der Waals surface area contributed by atoms with Gasteiger partial charge >= 0.3 is 5.97 Å². The molecular formula is C27H44N2O6. The highest BCUT2D eigenvalue weighted by Crippen LogP contribution is 2.59. The number of likely N-dealkylation sites (tertiary alicyclic amines) is 1. The highest BCUT2D eigenvalue weighted by Gasteiger charge is 2.75. The topological polar surface area (TPSA) is 107 Å². The van der Waals surface area contributed by atoms with E-state index >= 15 is 0 Å². The number of fused-ring (bicyclic) bond motifs is 1. The Labute approximate surface area is 209 Å². The van der Waals surface area contributed by atoms with Crippen molar-refractivity contribution in [1.29, 1.82) is 0 Å². The fraction of sp³-hybridized carbons (Fsp3) is 0.815. The summed E-state index contributed by atoms with van der Waals surface area (Å²) in [6.07, 6.45) is 3.47. The summed E-state index contributed by atoms with van der Waals surface area (Å²) in [5.74, 6) is -3.70. The SMILES string of the molecule is C=CCN(C(=O)[C@H]1N([C@@H](CO)[C@@H](C)CC)C(=O)[C@@H]2[C@@H](C(=O)O)[C@H]3CC[C@]21O3)C(C)(C)CC(C)(C)C. The van der Waals surface area contributed by atoms with E-state index in [4.69, 9.17) is 4.74 Å². The normalized spacial score (nSPS) is 31.9. The summed E-state index contributed by atoms with van der Waals surface area (Å²) in [5, 5.41) is 20.4. The lowest BCUT2D eigenvalue weighted by Gasteiger charge is -2.47. The van der Waals surface area contributed by atoms with E-state index in [1.54, 1.807) is 11.0 Å². The molecule has 35 heavy (non-hydrogen) atoms. The van der Waals surface area contributed by atoms with Crippen molar-refractivity contribution in [2.45, 2.75) is 103 Å². The fourth-order valence-electron chi connectivity index (χ4n) is 7.13. The third-order valence-corrected chi connectivity index (χ3v) is 8.37. The number of hydrogen-bond acceptors (Lipinski definition) is 5. The molecule has 3 heterocycles. The maximum Gasteiger partial charge on any atom is 0.310 e. The Bertz CT molecular complexity index is 864. The molecule has 8 heteroatoms. The molecule has 2 N–H and O–H groups in total. The molecule has 2 amide bonds. The Morgan fingerprint density at radius 2 is 1.94 bits per heavy atom. The number of aliphatic carboxylic acids is 1. The van der Waals surface area contributed by atoms with Gasteiger partial charge in [-0.15, -0.1) is 6.58 Å². The first-order valence-corrected chi connectivity index (χ1v) is 12.9. The first kappa shape index (κ1) is 27.7. The minimum Gasteiger partial charge on any atom is -0.481 e. The van der Waals surface area contributed by atoms with Crippen molar-refractivity contribution < 1.29 is 29.3 Å². The van der Waals surface area contributed by atoms with E-state index in [1.807, 2.05) is 27.7 Å². The maximum atomic E-state index is 14.5. The second-order valence-electron chi connectivity index (χ2n) is 12.6. The summed E-state index contributed by atoms with van der Waals surface area (Å²) >= 11 is 0. The number of carboxylic acids is 1. The molecule has 3 aliphatic rings. The average Bonchev–Trinajstić information content (AvgIpc) is 3.38. The number of amides is 2. The molecule has 7 atom stereocenters. The number of carbonyl (C=O) groups is 3. The monoisotopic (exact) mass is 492 g/mol. The third-order valence-electron chi connectivity index (χ3n) is 8.37. The third kappa shape index (κ3) is 4.52. The second-order valence-corrected chi connectivity index (χ2v) is 12.6. The first-order chi connectivity index (χ1) is 16.2. The van der Waals surface area contributed by atoms with Gasteiger partial charge in [0.2, 0.25) is 11.8 Å². The molecule has 0 unspecified atom stereocenters. The van der Waals surface area contributed by atoms with Crippen LogP contribution < -0.4 is 0 Å². The zero-order valence-corrected chi connectivity index (χ0v) is 22.4. The average molecular weight is 493 g/mol. The number of aliphatic hydroxyl groups excluding tert-OH is 1. The predicted octanol–water partition coefficient (Wildman–Crippen LogP) is 3.08. The number of carbonyl (C=O) groups excluding carboxylic acids is 2. The van der Waals surface area contributed by atoms with Gasteiger partial charge < -0.3 is 24.7 Å². The van der Waals surface area contributed by atoms with Gasteiger partial charge in [-0.2, -0.15) is 0 Å². The molecule has 198 valence electrons. The second kappa shape index (κ2) is 9.51. The Hall–Kier alpha value is -1.93. The van der Waals surface area contributed by atoms with Gasteiger partial charge in [0, 0.05) is 12.1 Å². The molecule has 3 fully saturated rings. The number of hydrogen-bond donors (Lipinski definition) is 2. The van der Waals surface area contributed by atoms with Crippen molar-refractivity contribution in [2.75, 3.05) is 13.2 Å². The Balaban J connectivity index is 2.15. The quantitative estimate of drug-likeness (QED) is 0.454. The standard InChI is InChI=1S/C27H44N2O6/c1-9-13-28(26(7,8)15-25(4,5)6)23(32)21-27-12-11-18(35-27)19(24(33)34)20(27)22(31)29(21)17(14-30)16(3)10-2/h9,16-21,30H,1,10-15H2,2-8H3,(H,33,34)/t16-,17-,18+,19-,20-,21+,27-/m0/s1. The van der Waals surface area contributed by atoms with Crippen LogP contribution in [-0.4, -0.2) is 80.3 Å². The van der Waals surface area contributed by atoms with Gasteiger partial charge in [0.25, 0.3) is 0 Å². The zero-order valence-electron chi connectivity index (χ0n) is 22.4. The van der Waals surface area contributed by atoms with E-state index in [-0.39, 0.29) is 29.8 Å². The van der Waals surface area contributed by atoms with Gasteiger partial charge in [0.1, 0.15) is 11.6 Å². The van der Waals surface area contributed by atoms with Crippen molar-refractivity contribution >= 4 is 17.8 Å². The van der Waals surface area contributed by atoms with Crippen LogP contribution >= 0.6 is 0 Å². The van der Waals surface area contributed by atoms with Crippen LogP contribution in [0.2, 0.25) is 0 Å². The van der Waals surface area contributed by atoms with E-state index in [9.17, 15) is 24.6 Å². The molecule has 2 bridgehead atoms. The van der Waals surface area contributed by atoms with Gasteiger partial charge in [-0.1, -0.05) is 47.1 Å². The van der Waals surface area contributed by atoms with Crippen molar-refractivity contribution in [1.82, 2.24) is 9.80 Å². The highest BCUT2D eigenvalue weighted by molar-refractivity contribution is 5.98. The molecule has 3 aliphatic heterocycles. The van der Waals surface area contributed by atoms with Crippen LogP contribution in [-0.2, 0) is 19.1 Å². The van der Waals surface area contributed by atoms with Crippen LogP contribution in [0.15, 0.2) is 12.7 Å². The van der Waals surface area contributed by atoms with Gasteiger partial charge in [-0.25, -0.2) is 0 Å². The van der Waals surface area contributed by atoms with Gasteiger partial charge in [-0.3, -0.25) is 14.4 Å². The van der Waals surface area contributed by atoms with Crippen molar-refractivity contribution in [3.05, 3.63) is 12.7 Å². The predicted molar refractivity (Wildman–Crippen MR) is 132 cm³/mol. The lowest BCUT2D eigenvalue weighted by atomic mass is 9.70. The molecule has 0 aromatic carbocycles. The van der Waals surface area contributed by atoms with Gasteiger partial charge in [-0.05, 0) is 44.4 Å². The maximum absolute atomic E-state index is 14.5. The minimum atomic E-state index is -1.19.